The molecule has 1 aromatic heterocycles. The van der Waals surface area contributed by atoms with Crippen molar-refractivity contribution in [1.29, 1.82) is 0 Å². The van der Waals surface area contributed by atoms with Gasteiger partial charge in [0.05, 0.1) is 24.2 Å². The average molecular weight is 346 g/mol. The first-order valence-corrected chi connectivity index (χ1v) is 8.60. The minimum absolute atomic E-state index is 0.00264. The normalized spacial score (nSPS) is 18.1. The van der Waals surface area contributed by atoms with Crippen molar-refractivity contribution in [2.24, 2.45) is 0 Å². The lowest BCUT2D eigenvalue weighted by atomic mass is 10.1. The molecule has 1 saturated heterocycles. The fourth-order valence-electron chi connectivity index (χ4n) is 3.05. The zero-order valence-electron chi connectivity index (χ0n) is 14.2. The summed E-state index contributed by atoms with van der Waals surface area (Å²) in [5.74, 6) is -0.358. The molecular weight excluding hydrogens is 323 g/mol. The third-order valence-electron chi connectivity index (χ3n) is 4.42. The number of urea groups is 1. The van der Waals surface area contributed by atoms with Crippen LogP contribution in [0.4, 0.5) is 9.18 Å². The lowest BCUT2D eigenvalue weighted by molar-refractivity contribution is 0.0796. The number of ether oxygens (including phenoxy) is 1. The molecule has 1 aliphatic rings. The fourth-order valence-corrected chi connectivity index (χ4v) is 3.05. The molecule has 2 aromatic rings. The van der Waals surface area contributed by atoms with Crippen molar-refractivity contribution in [3.05, 3.63) is 48.3 Å². The van der Waals surface area contributed by atoms with Crippen LogP contribution in [0.3, 0.4) is 0 Å². The molecule has 134 valence electrons. The summed E-state index contributed by atoms with van der Waals surface area (Å²) in [6, 6.07) is 4.63. The van der Waals surface area contributed by atoms with Gasteiger partial charge in [0.15, 0.2) is 0 Å². The molecule has 2 atom stereocenters. The van der Waals surface area contributed by atoms with Crippen molar-refractivity contribution in [3.63, 3.8) is 0 Å². The molecular formula is C18H23FN4O2. The van der Waals surface area contributed by atoms with E-state index >= 15 is 0 Å². The van der Waals surface area contributed by atoms with E-state index in [1.54, 1.807) is 35.4 Å². The molecule has 0 radical (unpaired) electrons. The van der Waals surface area contributed by atoms with Crippen LogP contribution in [0.5, 0.6) is 0 Å². The predicted molar refractivity (Wildman–Crippen MR) is 91.9 cm³/mol. The minimum Gasteiger partial charge on any atom is -0.376 e. The molecule has 2 amide bonds. The highest BCUT2D eigenvalue weighted by molar-refractivity contribution is 5.74. The van der Waals surface area contributed by atoms with Gasteiger partial charge in [0, 0.05) is 25.5 Å². The van der Waals surface area contributed by atoms with Crippen LogP contribution >= 0.6 is 0 Å². The zero-order chi connectivity index (χ0) is 17.6. The van der Waals surface area contributed by atoms with Crippen molar-refractivity contribution in [3.8, 4) is 5.69 Å². The van der Waals surface area contributed by atoms with E-state index in [2.05, 4.69) is 15.6 Å². The first kappa shape index (κ1) is 17.4. The molecule has 3 rings (SSSR count). The van der Waals surface area contributed by atoms with Gasteiger partial charge in [-0.1, -0.05) is 13.0 Å². The van der Waals surface area contributed by atoms with Gasteiger partial charge in [0.2, 0.25) is 0 Å². The highest BCUT2D eigenvalue weighted by Crippen LogP contribution is 2.18. The summed E-state index contributed by atoms with van der Waals surface area (Å²) in [6.45, 7) is 3.04. The Balaban J connectivity index is 1.54. The second kappa shape index (κ2) is 8.11. The summed E-state index contributed by atoms with van der Waals surface area (Å²) in [5, 5.41) is 5.72. The maximum Gasteiger partial charge on any atom is 0.315 e. The highest BCUT2D eigenvalue weighted by atomic mass is 19.1. The van der Waals surface area contributed by atoms with Gasteiger partial charge in [0.1, 0.15) is 5.82 Å². The molecule has 2 heterocycles. The largest absolute Gasteiger partial charge is 0.376 e. The van der Waals surface area contributed by atoms with Crippen molar-refractivity contribution in [2.45, 2.75) is 44.9 Å². The molecule has 0 spiro atoms. The van der Waals surface area contributed by atoms with Gasteiger partial charge in [-0.2, -0.15) is 0 Å². The number of hydrogen-bond donors (Lipinski definition) is 2. The number of aromatic nitrogens is 2. The molecule has 6 nitrogen and oxygen atoms in total. The van der Waals surface area contributed by atoms with E-state index in [1.165, 1.54) is 6.07 Å². The molecule has 1 aliphatic heterocycles. The number of nitrogens with zero attached hydrogens (tertiary/aromatic N) is 2. The monoisotopic (exact) mass is 346 g/mol. The Kier molecular flexibility index (Phi) is 5.65. The second-order valence-electron chi connectivity index (χ2n) is 6.15. The molecule has 0 saturated carbocycles. The standard InChI is InChI=1S/C18H23FN4O2/c1-2-15(17-4-3-9-25-17)22-18(24)21-11-13-5-6-16(14(19)10-13)23-8-7-20-12-23/h5-8,10,12,15,17H,2-4,9,11H2,1H3,(H2,21,22,24). The van der Waals surface area contributed by atoms with Gasteiger partial charge in [-0.15, -0.1) is 0 Å². The van der Waals surface area contributed by atoms with Crippen LogP contribution in [0.2, 0.25) is 0 Å². The van der Waals surface area contributed by atoms with Crippen LogP contribution in [0.25, 0.3) is 5.69 Å². The number of benzene rings is 1. The number of halogens is 1. The van der Waals surface area contributed by atoms with E-state index in [9.17, 15) is 9.18 Å². The quantitative estimate of drug-likeness (QED) is 0.845. The van der Waals surface area contributed by atoms with Crippen molar-refractivity contribution < 1.29 is 13.9 Å². The second-order valence-corrected chi connectivity index (χ2v) is 6.15. The number of hydrogen-bond acceptors (Lipinski definition) is 3. The topological polar surface area (TPSA) is 68.2 Å². The number of nitrogens with one attached hydrogen (secondary N) is 2. The molecule has 7 heteroatoms. The van der Waals surface area contributed by atoms with Crippen LogP contribution in [0.1, 0.15) is 31.7 Å². The fraction of sp³-hybridized carbons (Fsp3) is 0.444. The Labute approximate surface area is 146 Å². The Morgan fingerprint density at radius 1 is 1.52 bits per heavy atom. The van der Waals surface area contributed by atoms with E-state index in [1.807, 2.05) is 6.92 Å². The Bertz CT molecular complexity index is 699. The van der Waals surface area contributed by atoms with E-state index in [4.69, 9.17) is 4.74 Å². The van der Waals surface area contributed by atoms with Crippen LogP contribution in [0, 0.1) is 5.82 Å². The number of amides is 2. The van der Waals surface area contributed by atoms with Gasteiger partial charge in [-0.05, 0) is 37.0 Å². The number of carbonyl (C=O) groups is 1. The predicted octanol–water partition coefficient (Wildman–Crippen LogP) is 2.77. The smallest absolute Gasteiger partial charge is 0.315 e. The molecule has 1 aromatic carbocycles. The Morgan fingerprint density at radius 2 is 2.40 bits per heavy atom. The Morgan fingerprint density at radius 3 is 3.04 bits per heavy atom. The van der Waals surface area contributed by atoms with E-state index in [0.29, 0.717) is 11.3 Å². The van der Waals surface area contributed by atoms with Gasteiger partial charge in [-0.3, -0.25) is 0 Å². The van der Waals surface area contributed by atoms with E-state index < -0.39 is 0 Å². The maximum atomic E-state index is 14.2. The highest BCUT2D eigenvalue weighted by Gasteiger charge is 2.25. The average Bonchev–Trinajstić information content (AvgIpc) is 3.31. The molecule has 25 heavy (non-hydrogen) atoms. The summed E-state index contributed by atoms with van der Waals surface area (Å²) in [7, 11) is 0. The van der Waals surface area contributed by atoms with Crippen LogP contribution in [-0.4, -0.2) is 34.3 Å². The van der Waals surface area contributed by atoms with Crippen LogP contribution in [0.15, 0.2) is 36.9 Å². The summed E-state index contributed by atoms with van der Waals surface area (Å²) in [5.41, 5.74) is 1.12. The molecule has 0 bridgehead atoms. The van der Waals surface area contributed by atoms with Crippen molar-refractivity contribution >= 4 is 6.03 Å². The first-order valence-electron chi connectivity index (χ1n) is 8.60. The van der Waals surface area contributed by atoms with Crippen molar-refractivity contribution in [2.75, 3.05) is 6.61 Å². The van der Waals surface area contributed by atoms with Crippen LogP contribution in [-0.2, 0) is 11.3 Å². The van der Waals surface area contributed by atoms with E-state index in [-0.39, 0.29) is 30.5 Å². The molecule has 0 aliphatic carbocycles. The summed E-state index contributed by atoms with van der Waals surface area (Å²) >= 11 is 0. The maximum absolute atomic E-state index is 14.2. The first-order chi connectivity index (χ1) is 12.2. The molecule has 1 fully saturated rings. The number of carbonyl (C=O) groups excluding carboxylic acids is 1. The zero-order valence-corrected chi connectivity index (χ0v) is 14.2. The summed E-state index contributed by atoms with van der Waals surface area (Å²) in [6.07, 6.45) is 7.72. The van der Waals surface area contributed by atoms with Gasteiger partial charge < -0.3 is 19.9 Å². The van der Waals surface area contributed by atoms with E-state index in [0.717, 1.165) is 25.9 Å². The summed E-state index contributed by atoms with van der Waals surface area (Å²) in [4.78, 5) is 16.0. The number of rotatable bonds is 6. The number of imidazole rings is 1. The van der Waals surface area contributed by atoms with Gasteiger partial charge in [-0.25, -0.2) is 14.2 Å². The SMILES string of the molecule is CCC(NC(=O)NCc1ccc(-n2ccnc2)c(F)c1)C1CCCO1. The third-order valence-corrected chi connectivity index (χ3v) is 4.42. The van der Waals surface area contributed by atoms with Crippen molar-refractivity contribution in [1.82, 2.24) is 20.2 Å². The minimum atomic E-state index is -0.358. The third kappa shape index (κ3) is 4.36. The lowest BCUT2D eigenvalue weighted by Crippen LogP contribution is -2.47. The lowest BCUT2D eigenvalue weighted by Gasteiger charge is -2.23. The molecule has 2 N–H and O–H groups in total. The van der Waals surface area contributed by atoms with Gasteiger partial charge >= 0.3 is 6.03 Å². The van der Waals surface area contributed by atoms with Gasteiger partial charge in [0.25, 0.3) is 0 Å². The van der Waals surface area contributed by atoms with Crippen LogP contribution < -0.4 is 10.6 Å². The summed E-state index contributed by atoms with van der Waals surface area (Å²) < 4.78 is 21.5. The Hall–Kier alpha value is -2.41. The molecule has 2 unspecified atom stereocenters.